The molecule has 0 N–H and O–H groups in total. The molecule has 0 heterocycles. The Hall–Kier alpha value is -0.860. The van der Waals surface area contributed by atoms with Crippen LogP contribution in [0.15, 0.2) is 0 Å². The maximum Gasteiger partial charge on any atom is 0.228 e. The normalized spacial score (nSPS) is 8.67. The van der Waals surface area contributed by atoms with Gasteiger partial charge in [-0.25, -0.2) is 0 Å². The molecule has 0 aromatic carbocycles. The van der Waals surface area contributed by atoms with Gasteiger partial charge in [0.15, 0.2) is 0 Å². The summed E-state index contributed by atoms with van der Waals surface area (Å²) in [6.07, 6.45) is 1.77. The van der Waals surface area contributed by atoms with Crippen LogP contribution in [0.1, 0.15) is 19.8 Å². The van der Waals surface area contributed by atoms with E-state index in [1.165, 1.54) is 7.05 Å². The Morgan fingerprint density at radius 1 is 1.67 bits per heavy atom. The van der Waals surface area contributed by atoms with Crippen molar-refractivity contribution in [2.75, 3.05) is 7.05 Å². The summed E-state index contributed by atoms with van der Waals surface area (Å²) in [4.78, 5) is 21.7. The third kappa shape index (κ3) is 2.85. The standard InChI is InChI=1S/C6H11NO2/c1-3-4-6(9)7(2)5-8/h5H,3-4H2,1-2H3. The summed E-state index contributed by atoms with van der Waals surface area (Å²) in [7, 11) is 1.46. The first-order valence-corrected chi connectivity index (χ1v) is 2.93. The summed E-state index contributed by atoms with van der Waals surface area (Å²) < 4.78 is 0. The number of nitrogens with zero attached hydrogens (tertiary/aromatic N) is 1. The number of hydrogen-bond donors (Lipinski definition) is 0. The van der Waals surface area contributed by atoms with Crippen molar-refractivity contribution in [2.24, 2.45) is 0 Å². The van der Waals surface area contributed by atoms with E-state index in [9.17, 15) is 9.59 Å². The van der Waals surface area contributed by atoms with Gasteiger partial charge in [0.1, 0.15) is 0 Å². The van der Waals surface area contributed by atoms with E-state index >= 15 is 0 Å². The predicted octanol–water partition coefficient (Wildman–Crippen LogP) is 0.401. The molecule has 0 saturated carbocycles. The maximum atomic E-state index is 10.7. The van der Waals surface area contributed by atoms with E-state index < -0.39 is 0 Å². The molecule has 0 aliphatic rings. The molecule has 0 aromatic rings. The number of carbonyl (C=O) groups excluding carboxylic acids is 2. The van der Waals surface area contributed by atoms with Gasteiger partial charge in [-0.3, -0.25) is 14.5 Å². The first-order valence-electron chi connectivity index (χ1n) is 2.93. The first kappa shape index (κ1) is 8.14. The second-order valence-corrected chi connectivity index (χ2v) is 1.86. The highest BCUT2D eigenvalue weighted by Crippen LogP contribution is 1.90. The molecule has 0 saturated heterocycles. The molecule has 0 radical (unpaired) electrons. The fraction of sp³-hybridized carbons (Fsp3) is 0.667. The van der Waals surface area contributed by atoms with Crippen LogP contribution < -0.4 is 0 Å². The molecule has 0 fully saturated rings. The monoisotopic (exact) mass is 129 g/mol. The molecule has 52 valence electrons. The summed E-state index contributed by atoms with van der Waals surface area (Å²) in [6, 6.07) is 0. The van der Waals surface area contributed by atoms with Crippen molar-refractivity contribution in [2.45, 2.75) is 19.8 Å². The molecule has 0 spiro atoms. The van der Waals surface area contributed by atoms with Crippen molar-refractivity contribution >= 4 is 12.3 Å². The average Bonchev–Trinajstić information content (AvgIpc) is 1.87. The average molecular weight is 129 g/mol. The molecule has 0 aliphatic carbocycles. The molecule has 9 heavy (non-hydrogen) atoms. The highest BCUT2D eigenvalue weighted by atomic mass is 16.2. The van der Waals surface area contributed by atoms with Gasteiger partial charge < -0.3 is 0 Å². The smallest absolute Gasteiger partial charge is 0.228 e. The molecule has 0 aromatic heterocycles. The SMILES string of the molecule is CCCC(=O)N(C)C=O. The van der Waals surface area contributed by atoms with Gasteiger partial charge in [-0.1, -0.05) is 6.92 Å². The number of rotatable bonds is 3. The fourth-order valence-electron chi connectivity index (χ4n) is 0.449. The lowest BCUT2D eigenvalue weighted by Crippen LogP contribution is -2.24. The summed E-state index contributed by atoms with van der Waals surface area (Å²) in [6.45, 7) is 1.90. The van der Waals surface area contributed by atoms with Crippen molar-refractivity contribution in [3.63, 3.8) is 0 Å². The van der Waals surface area contributed by atoms with Crippen LogP contribution in [0, 0.1) is 0 Å². The third-order valence-corrected chi connectivity index (χ3v) is 1.02. The van der Waals surface area contributed by atoms with E-state index in [0.717, 1.165) is 11.3 Å². The largest absolute Gasteiger partial charge is 0.288 e. The maximum absolute atomic E-state index is 10.7. The van der Waals surface area contributed by atoms with Crippen molar-refractivity contribution in [1.29, 1.82) is 0 Å². The van der Waals surface area contributed by atoms with Crippen molar-refractivity contribution < 1.29 is 9.59 Å². The number of amides is 2. The van der Waals surface area contributed by atoms with Crippen LogP contribution in [0.2, 0.25) is 0 Å². The summed E-state index contributed by atoms with van der Waals surface area (Å²) in [5, 5.41) is 0. The zero-order valence-electron chi connectivity index (χ0n) is 5.76. The van der Waals surface area contributed by atoms with Crippen LogP contribution in [0.3, 0.4) is 0 Å². The Labute approximate surface area is 54.6 Å². The summed E-state index contributed by atoms with van der Waals surface area (Å²) in [5.41, 5.74) is 0. The molecular formula is C6H11NO2. The summed E-state index contributed by atoms with van der Waals surface area (Å²) in [5.74, 6) is -0.118. The zero-order valence-corrected chi connectivity index (χ0v) is 5.76. The minimum atomic E-state index is -0.118. The Morgan fingerprint density at radius 2 is 2.22 bits per heavy atom. The van der Waals surface area contributed by atoms with Gasteiger partial charge in [-0.2, -0.15) is 0 Å². The molecule has 0 aliphatic heterocycles. The molecule has 0 unspecified atom stereocenters. The highest BCUT2D eigenvalue weighted by Gasteiger charge is 2.03. The lowest BCUT2D eigenvalue weighted by Gasteiger charge is -2.05. The van der Waals surface area contributed by atoms with E-state index in [2.05, 4.69) is 0 Å². The van der Waals surface area contributed by atoms with Crippen LogP contribution in [0.5, 0.6) is 0 Å². The van der Waals surface area contributed by atoms with E-state index in [4.69, 9.17) is 0 Å². The molecule has 3 heteroatoms. The van der Waals surface area contributed by atoms with Gasteiger partial charge in [-0.05, 0) is 6.42 Å². The molecule has 3 nitrogen and oxygen atoms in total. The van der Waals surface area contributed by atoms with Gasteiger partial charge in [0.2, 0.25) is 12.3 Å². The quantitative estimate of drug-likeness (QED) is 0.517. The van der Waals surface area contributed by atoms with E-state index in [1.807, 2.05) is 6.92 Å². The Kier molecular flexibility index (Phi) is 3.67. The molecule has 0 bridgehead atoms. The molecular weight excluding hydrogens is 118 g/mol. The predicted molar refractivity (Wildman–Crippen MR) is 33.7 cm³/mol. The van der Waals surface area contributed by atoms with Gasteiger partial charge in [0, 0.05) is 13.5 Å². The second kappa shape index (κ2) is 4.06. The topological polar surface area (TPSA) is 37.4 Å². The Morgan fingerprint density at radius 3 is 2.56 bits per heavy atom. The second-order valence-electron chi connectivity index (χ2n) is 1.86. The first-order chi connectivity index (χ1) is 4.22. The zero-order chi connectivity index (χ0) is 7.28. The van der Waals surface area contributed by atoms with Crippen LogP contribution >= 0.6 is 0 Å². The van der Waals surface area contributed by atoms with Crippen LogP contribution in [-0.2, 0) is 9.59 Å². The summed E-state index contributed by atoms with van der Waals surface area (Å²) >= 11 is 0. The fourth-order valence-corrected chi connectivity index (χ4v) is 0.449. The minimum Gasteiger partial charge on any atom is -0.288 e. The minimum absolute atomic E-state index is 0.118. The van der Waals surface area contributed by atoms with Gasteiger partial charge in [0.05, 0.1) is 0 Å². The molecule has 0 atom stereocenters. The lowest BCUT2D eigenvalue weighted by atomic mass is 10.3. The van der Waals surface area contributed by atoms with Crippen molar-refractivity contribution in [1.82, 2.24) is 4.90 Å². The van der Waals surface area contributed by atoms with Crippen LogP contribution in [0.4, 0.5) is 0 Å². The van der Waals surface area contributed by atoms with Crippen molar-refractivity contribution in [3.05, 3.63) is 0 Å². The van der Waals surface area contributed by atoms with Gasteiger partial charge >= 0.3 is 0 Å². The van der Waals surface area contributed by atoms with E-state index in [1.54, 1.807) is 0 Å². The number of imide groups is 1. The number of hydrogen-bond acceptors (Lipinski definition) is 2. The Balaban J connectivity index is 3.58. The lowest BCUT2D eigenvalue weighted by molar-refractivity contribution is -0.136. The van der Waals surface area contributed by atoms with Crippen LogP contribution in [-0.4, -0.2) is 24.3 Å². The van der Waals surface area contributed by atoms with E-state index in [0.29, 0.717) is 12.8 Å². The highest BCUT2D eigenvalue weighted by molar-refractivity contribution is 5.85. The van der Waals surface area contributed by atoms with E-state index in [-0.39, 0.29) is 5.91 Å². The van der Waals surface area contributed by atoms with Gasteiger partial charge in [0.25, 0.3) is 0 Å². The third-order valence-electron chi connectivity index (χ3n) is 1.02. The molecule has 0 rings (SSSR count). The van der Waals surface area contributed by atoms with Gasteiger partial charge in [-0.15, -0.1) is 0 Å². The van der Waals surface area contributed by atoms with Crippen molar-refractivity contribution in [3.8, 4) is 0 Å². The van der Waals surface area contributed by atoms with Crippen LogP contribution in [0.25, 0.3) is 0 Å². The molecule has 2 amide bonds. The Bertz CT molecular complexity index is 112. The number of carbonyl (C=O) groups is 2.